The van der Waals surface area contributed by atoms with Crippen LogP contribution < -0.4 is 10.1 Å². The van der Waals surface area contributed by atoms with Crippen molar-refractivity contribution in [1.29, 1.82) is 5.26 Å². The highest BCUT2D eigenvalue weighted by Gasteiger charge is 2.36. The summed E-state index contributed by atoms with van der Waals surface area (Å²) in [5, 5.41) is 12.6. The van der Waals surface area contributed by atoms with Gasteiger partial charge in [0.05, 0.1) is 30.3 Å². The van der Waals surface area contributed by atoms with E-state index in [1.54, 1.807) is 23.1 Å². The van der Waals surface area contributed by atoms with Crippen molar-refractivity contribution in [3.05, 3.63) is 60.9 Å². The highest BCUT2D eigenvalue weighted by atomic mass is 19.4. The fraction of sp³-hybridized carbons (Fsp3) is 0.444. The van der Waals surface area contributed by atoms with Gasteiger partial charge in [0.1, 0.15) is 11.8 Å². The van der Waals surface area contributed by atoms with Crippen LogP contribution in [0.4, 0.5) is 13.2 Å². The molecule has 1 aromatic heterocycles. The minimum atomic E-state index is -4.48. The molecule has 0 spiro atoms. The normalized spacial score (nSPS) is 24.2. The van der Waals surface area contributed by atoms with Gasteiger partial charge in [-0.15, -0.1) is 6.58 Å². The molecule has 0 unspecified atom stereocenters. The molecule has 2 fully saturated rings. The van der Waals surface area contributed by atoms with Gasteiger partial charge in [0.25, 0.3) is 0 Å². The number of ether oxygens (including phenoxy) is 1. The standard InChI is InChI=1S/C27H29F3N4O2/c1-2-20-5-6-21(16-31)34(20)26(35)17-33-19-3-7-22(8-4-19)36-23-9-10-25(27(28,29)30)24(15-23)18-11-13-32-14-12-18/h2,9-15,19-22,33H,1,3-8,17H2/t19?,20-,21-,22?/m0/s1. The number of aromatic nitrogens is 1. The monoisotopic (exact) mass is 498 g/mol. The summed E-state index contributed by atoms with van der Waals surface area (Å²) in [5.74, 6) is 0.296. The van der Waals surface area contributed by atoms with E-state index >= 15 is 0 Å². The maximum atomic E-state index is 13.6. The molecule has 1 saturated carbocycles. The van der Waals surface area contributed by atoms with Crippen LogP contribution in [0, 0.1) is 11.3 Å². The Morgan fingerprint density at radius 1 is 1.17 bits per heavy atom. The second kappa shape index (κ2) is 11.1. The van der Waals surface area contributed by atoms with Crippen molar-refractivity contribution < 1.29 is 22.7 Å². The van der Waals surface area contributed by atoms with Gasteiger partial charge in [-0.05, 0) is 80.0 Å². The molecule has 1 aliphatic heterocycles. The third-order valence-corrected chi connectivity index (χ3v) is 6.94. The SMILES string of the molecule is C=C[C@H]1CC[C@@H](C#N)N1C(=O)CNC1CCC(Oc2ccc(C(F)(F)F)c(-c3ccncc3)c2)CC1. The van der Waals surface area contributed by atoms with Gasteiger partial charge in [0.15, 0.2) is 0 Å². The van der Waals surface area contributed by atoms with Crippen LogP contribution in [0.25, 0.3) is 11.1 Å². The molecule has 4 rings (SSSR count). The van der Waals surface area contributed by atoms with E-state index in [0.717, 1.165) is 38.2 Å². The van der Waals surface area contributed by atoms with Crippen LogP contribution in [0.15, 0.2) is 55.4 Å². The van der Waals surface area contributed by atoms with Crippen molar-refractivity contribution in [3.63, 3.8) is 0 Å². The zero-order valence-corrected chi connectivity index (χ0v) is 19.9. The van der Waals surface area contributed by atoms with E-state index in [1.165, 1.54) is 24.5 Å². The topological polar surface area (TPSA) is 78.2 Å². The molecule has 1 amide bonds. The quantitative estimate of drug-likeness (QED) is 0.537. The van der Waals surface area contributed by atoms with Gasteiger partial charge in [-0.1, -0.05) is 6.08 Å². The zero-order valence-electron chi connectivity index (χ0n) is 19.9. The number of benzene rings is 1. The van der Waals surface area contributed by atoms with E-state index in [4.69, 9.17) is 4.74 Å². The summed E-state index contributed by atoms with van der Waals surface area (Å²) in [7, 11) is 0. The fourth-order valence-electron chi connectivity index (χ4n) is 5.07. The predicted octanol–water partition coefficient (Wildman–Crippen LogP) is 5.12. The van der Waals surface area contributed by atoms with Crippen molar-refractivity contribution in [3.8, 4) is 22.9 Å². The van der Waals surface area contributed by atoms with Crippen molar-refractivity contribution in [2.24, 2.45) is 0 Å². The zero-order chi connectivity index (χ0) is 25.7. The van der Waals surface area contributed by atoms with Crippen LogP contribution in [0.3, 0.4) is 0 Å². The number of hydrogen-bond acceptors (Lipinski definition) is 5. The van der Waals surface area contributed by atoms with E-state index < -0.39 is 17.8 Å². The van der Waals surface area contributed by atoms with E-state index in [1.807, 2.05) is 0 Å². The summed E-state index contributed by atoms with van der Waals surface area (Å²) in [6.45, 7) is 3.94. The van der Waals surface area contributed by atoms with Crippen molar-refractivity contribution in [2.45, 2.75) is 68.9 Å². The number of pyridine rings is 1. The van der Waals surface area contributed by atoms with Gasteiger partial charge in [0.2, 0.25) is 5.91 Å². The predicted molar refractivity (Wildman–Crippen MR) is 129 cm³/mol. The Balaban J connectivity index is 1.33. The van der Waals surface area contributed by atoms with Crippen molar-refractivity contribution in [1.82, 2.24) is 15.2 Å². The molecule has 190 valence electrons. The van der Waals surface area contributed by atoms with Gasteiger partial charge >= 0.3 is 6.18 Å². The molecule has 0 bridgehead atoms. The molecule has 2 aliphatic rings. The molecule has 2 atom stereocenters. The summed E-state index contributed by atoms with van der Waals surface area (Å²) in [5.41, 5.74) is -0.226. The third kappa shape index (κ3) is 5.88. The number of halogens is 3. The average molecular weight is 499 g/mol. The molecule has 36 heavy (non-hydrogen) atoms. The Kier molecular flexibility index (Phi) is 7.94. The number of alkyl halides is 3. The maximum Gasteiger partial charge on any atom is 0.417 e. The molecule has 2 aromatic rings. The van der Waals surface area contributed by atoms with Gasteiger partial charge in [-0.25, -0.2) is 0 Å². The third-order valence-electron chi connectivity index (χ3n) is 6.94. The van der Waals surface area contributed by atoms with E-state index in [-0.39, 0.29) is 36.2 Å². The van der Waals surface area contributed by atoms with Crippen molar-refractivity contribution >= 4 is 5.91 Å². The molecular weight excluding hydrogens is 469 g/mol. The summed E-state index contributed by atoms with van der Waals surface area (Å²) in [6, 6.07) is 8.79. The lowest BCUT2D eigenvalue weighted by atomic mass is 9.92. The number of rotatable bonds is 7. The summed E-state index contributed by atoms with van der Waals surface area (Å²) >= 11 is 0. The average Bonchev–Trinajstić information content (AvgIpc) is 3.31. The smallest absolute Gasteiger partial charge is 0.417 e. The number of carbonyl (C=O) groups is 1. The molecular formula is C27H29F3N4O2. The lowest BCUT2D eigenvalue weighted by molar-refractivity contribution is -0.137. The first-order valence-corrected chi connectivity index (χ1v) is 12.1. The number of likely N-dealkylation sites (tertiary alicyclic amines) is 1. The number of carbonyl (C=O) groups excluding carboxylic acids is 1. The Hall–Kier alpha value is -3.38. The summed E-state index contributed by atoms with van der Waals surface area (Å²) in [6.07, 6.45) is 4.46. The van der Waals surface area contributed by atoms with E-state index in [2.05, 4.69) is 22.9 Å². The van der Waals surface area contributed by atoms with Crippen molar-refractivity contribution in [2.75, 3.05) is 6.54 Å². The number of nitriles is 1. The van der Waals surface area contributed by atoms with E-state index in [9.17, 15) is 23.2 Å². The Labute approximate surface area is 208 Å². The summed E-state index contributed by atoms with van der Waals surface area (Å²) < 4.78 is 46.8. The van der Waals surface area contributed by atoms with Gasteiger partial charge < -0.3 is 15.0 Å². The van der Waals surface area contributed by atoms with Crippen LogP contribution in [0.2, 0.25) is 0 Å². The Morgan fingerprint density at radius 2 is 1.89 bits per heavy atom. The highest BCUT2D eigenvalue weighted by Crippen LogP contribution is 2.39. The molecule has 0 radical (unpaired) electrons. The number of nitrogens with one attached hydrogen (secondary N) is 1. The summed E-state index contributed by atoms with van der Waals surface area (Å²) in [4.78, 5) is 18.2. The van der Waals surface area contributed by atoms with Crippen LogP contribution in [-0.4, -0.2) is 46.6 Å². The van der Waals surface area contributed by atoms with Crippen LogP contribution >= 0.6 is 0 Å². The van der Waals surface area contributed by atoms with Crippen LogP contribution in [0.5, 0.6) is 5.75 Å². The largest absolute Gasteiger partial charge is 0.490 e. The number of hydrogen-bond donors (Lipinski definition) is 1. The van der Waals surface area contributed by atoms with Crippen LogP contribution in [-0.2, 0) is 11.0 Å². The van der Waals surface area contributed by atoms with Crippen LogP contribution in [0.1, 0.15) is 44.1 Å². The molecule has 1 aromatic carbocycles. The molecule has 9 heteroatoms. The minimum absolute atomic E-state index is 0.0617. The van der Waals surface area contributed by atoms with Gasteiger partial charge in [-0.2, -0.15) is 18.4 Å². The first-order chi connectivity index (χ1) is 17.3. The number of nitrogens with zero attached hydrogens (tertiary/aromatic N) is 3. The maximum absolute atomic E-state index is 13.6. The first-order valence-electron chi connectivity index (χ1n) is 12.1. The second-order valence-electron chi connectivity index (χ2n) is 9.24. The van der Waals surface area contributed by atoms with Gasteiger partial charge in [-0.3, -0.25) is 9.78 Å². The molecule has 1 aliphatic carbocycles. The van der Waals surface area contributed by atoms with E-state index in [0.29, 0.717) is 17.7 Å². The Bertz CT molecular complexity index is 1110. The van der Waals surface area contributed by atoms with Gasteiger partial charge in [0, 0.05) is 18.4 Å². The Morgan fingerprint density at radius 3 is 2.53 bits per heavy atom. The molecule has 6 nitrogen and oxygen atoms in total. The fourth-order valence-corrected chi connectivity index (χ4v) is 5.07. The molecule has 2 heterocycles. The lowest BCUT2D eigenvalue weighted by Crippen LogP contribution is -2.47. The molecule has 1 N–H and O–H groups in total. The second-order valence-corrected chi connectivity index (χ2v) is 9.24. The minimum Gasteiger partial charge on any atom is -0.490 e. The lowest BCUT2D eigenvalue weighted by Gasteiger charge is -2.31. The number of amides is 1. The molecule has 1 saturated heterocycles. The first kappa shape index (κ1) is 25.7. The highest BCUT2D eigenvalue weighted by molar-refractivity contribution is 5.80.